The van der Waals surface area contributed by atoms with Gasteiger partial charge in [-0.3, -0.25) is 4.79 Å². The van der Waals surface area contributed by atoms with Crippen LogP contribution in [0.1, 0.15) is 31.5 Å². The predicted molar refractivity (Wildman–Crippen MR) is 72.8 cm³/mol. The lowest BCUT2D eigenvalue weighted by atomic mass is 10.3. The first kappa shape index (κ1) is 12.0. The summed E-state index contributed by atoms with van der Waals surface area (Å²) in [7, 11) is 0. The van der Waals surface area contributed by atoms with Crippen molar-refractivity contribution in [3.8, 4) is 0 Å². The first-order valence-corrected chi connectivity index (χ1v) is 6.61. The van der Waals surface area contributed by atoms with E-state index in [0.29, 0.717) is 18.2 Å². The molecule has 0 radical (unpaired) electrons. The summed E-state index contributed by atoms with van der Waals surface area (Å²) in [6, 6.07) is 5.67. The zero-order chi connectivity index (χ0) is 13.4. The fraction of sp³-hybridized carbons (Fsp3) is 0.429. The highest BCUT2D eigenvalue weighted by molar-refractivity contribution is 5.88. The minimum absolute atomic E-state index is 0.208. The summed E-state index contributed by atoms with van der Waals surface area (Å²) in [4.78, 5) is 16.3. The van der Waals surface area contributed by atoms with Gasteiger partial charge in [0.25, 0.3) is 0 Å². The van der Waals surface area contributed by atoms with Gasteiger partial charge in [0, 0.05) is 5.92 Å². The van der Waals surface area contributed by atoms with Crippen LogP contribution in [0.4, 0.5) is 5.69 Å². The van der Waals surface area contributed by atoms with Crippen LogP contribution in [0.15, 0.2) is 18.2 Å². The molecule has 1 aliphatic rings. The highest BCUT2D eigenvalue weighted by atomic mass is 16.5. The molecule has 0 spiro atoms. The molecule has 1 aliphatic carbocycles. The van der Waals surface area contributed by atoms with Gasteiger partial charge in [-0.1, -0.05) is 6.07 Å². The highest BCUT2D eigenvalue weighted by Gasteiger charge is 2.30. The van der Waals surface area contributed by atoms with Crippen molar-refractivity contribution in [2.45, 2.75) is 32.2 Å². The van der Waals surface area contributed by atoms with Crippen LogP contribution in [-0.4, -0.2) is 22.1 Å². The number of rotatable bonds is 4. The summed E-state index contributed by atoms with van der Waals surface area (Å²) in [5.74, 6) is 1.19. The summed E-state index contributed by atoms with van der Waals surface area (Å²) in [6.07, 6.45) is 2.26. The van der Waals surface area contributed by atoms with Crippen molar-refractivity contribution in [3.63, 3.8) is 0 Å². The molecule has 1 fully saturated rings. The van der Waals surface area contributed by atoms with Gasteiger partial charge >= 0.3 is 5.97 Å². The summed E-state index contributed by atoms with van der Waals surface area (Å²) in [5, 5.41) is 0. The summed E-state index contributed by atoms with van der Waals surface area (Å²) < 4.78 is 6.98. The Labute approximate surface area is 111 Å². The Bertz CT molecular complexity index is 629. The Hall–Kier alpha value is -2.04. The third-order valence-electron chi connectivity index (χ3n) is 3.37. The topological polar surface area (TPSA) is 70.1 Å². The van der Waals surface area contributed by atoms with E-state index >= 15 is 0 Å². The molecule has 19 heavy (non-hydrogen) atoms. The van der Waals surface area contributed by atoms with Gasteiger partial charge in [-0.05, 0) is 31.9 Å². The van der Waals surface area contributed by atoms with Crippen molar-refractivity contribution in [1.29, 1.82) is 0 Å². The Morgan fingerprint density at radius 2 is 2.32 bits per heavy atom. The minimum atomic E-state index is -0.230. The quantitative estimate of drug-likeness (QED) is 0.674. The summed E-state index contributed by atoms with van der Waals surface area (Å²) >= 11 is 0. The average Bonchev–Trinajstić information content (AvgIpc) is 3.15. The van der Waals surface area contributed by atoms with Crippen LogP contribution < -0.4 is 5.73 Å². The average molecular weight is 259 g/mol. The molecule has 5 heteroatoms. The number of aromatic nitrogens is 2. The molecule has 0 bridgehead atoms. The number of para-hydroxylation sites is 1. The summed E-state index contributed by atoms with van der Waals surface area (Å²) in [6.45, 7) is 2.41. The number of nitrogen functional groups attached to an aromatic ring is 1. The number of fused-ring (bicyclic) bond motifs is 1. The molecule has 0 unspecified atom stereocenters. The number of esters is 1. The number of nitrogens with zero attached hydrogens (tertiary/aromatic N) is 2. The second-order valence-electron chi connectivity index (χ2n) is 4.85. The van der Waals surface area contributed by atoms with Gasteiger partial charge in [0.2, 0.25) is 0 Å². The van der Waals surface area contributed by atoms with Crippen LogP contribution in [0.5, 0.6) is 0 Å². The van der Waals surface area contributed by atoms with Crippen LogP contribution in [0, 0.1) is 0 Å². The van der Waals surface area contributed by atoms with Gasteiger partial charge in [0.05, 0.1) is 17.8 Å². The number of anilines is 1. The van der Waals surface area contributed by atoms with E-state index in [-0.39, 0.29) is 12.5 Å². The second-order valence-corrected chi connectivity index (χ2v) is 4.85. The molecule has 1 aromatic carbocycles. The number of hydrogen-bond donors (Lipinski definition) is 1. The lowest BCUT2D eigenvalue weighted by Gasteiger charge is -2.08. The van der Waals surface area contributed by atoms with Crippen LogP contribution in [0.3, 0.4) is 0 Å². The zero-order valence-electron chi connectivity index (χ0n) is 10.9. The predicted octanol–water partition coefficient (Wildman–Crippen LogP) is 2.06. The first-order chi connectivity index (χ1) is 9.20. The molecule has 3 rings (SSSR count). The first-order valence-electron chi connectivity index (χ1n) is 6.61. The van der Waals surface area contributed by atoms with Gasteiger partial charge in [-0.25, -0.2) is 4.98 Å². The molecule has 5 nitrogen and oxygen atoms in total. The molecule has 1 saturated carbocycles. The van der Waals surface area contributed by atoms with Crippen molar-refractivity contribution in [3.05, 3.63) is 24.0 Å². The Kier molecular flexibility index (Phi) is 2.89. The Morgan fingerprint density at radius 1 is 1.53 bits per heavy atom. The summed E-state index contributed by atoms with van der Waals surface area (Å²) in [5.41, 5.74) is 8.31. The molecule has 0 amide bonds. The van der Waals surface area contributed by atoms with E-state index < -0.39 is 0 Å². The largest absolute Gasteiger partial charge is 0.465 e. The molecular weight excluding hydrogens is 242 g/mol. The molecule has 2 aromatic rings. The van der Waals surface area contributed by atoms with Gasteiger partial charge in [-0.15, -0.1) is 0 Å². The third-order valence-corrected chi connectivity index (χ3v) is 3.37. The smallest absolute Gasteiger partial charge is 0.326 e. The van der Waals surface area contributed by atoms with Gasteiger partial charge < -0.3 is 15.0 Å². The number of benzene rings is 1. The highest BCUT2D eigenvalue weighted by Crippen LogP contribution is 2.41. The van der Waals surface area contributed by atoms with Crippen LogP contribution in [-0.2, 0) is 16.1 Å². The Morgan fingerprint density at radius 3 is 3.00 bits per heavy atom. The van der Waals surface area contributed by atoms with E-state index in [1.807, 2.05) is 29.7 Å². The van der Waals surface area contributed by atoms with Crippen LogP contribution >= 0.6 is 0 Å². The van der Waals surface area contributed by atoms with Crippen molar-refractivity contribution < 1.29 is 9.53 Å². The lowest BCUT2D eigenvalue weighted by Crippen LogP contribution is -2.15. The molecular formula is C14H17N3O2. The molecule has 0 aliphatic heterocycles. The van der Waals surface area contributed by atoms with E-state index in [1.54, 1.807) is 0 Å². The van der Waals surface area contributed by atoms with Gasteiger partial charge in [0.15, 0.2) is 0 Å². The fourth-order valence-corrected chi connectivity index (χ4v) is 2.34. The van der Waals surface area contributed by atoms with Crippen LogP contribution in [0.25, 0.3) is 11.0 Å². The van der Waals surface area contributed by atoms with E-state index in [1.165, 1.54) is 0 Å². The number of nitrogens with two attached hydrogens (primary N) is 1. The maximum absolute atomic E-state index is 11.7. The molecule has 0 saturated heterocycles. The molecule has 100 valence electrons. The van der Waals surface area contributed by atoms with E-state index in [2.05, 4.69) is 4.98 Å². The molecule has 1 aromatic heterocycles. The standard InChI is InChI=1S/C14H17N3O2/c1-2-19-12(18)8-17-11-5-3-4-10(15)13(11)16-14(17)9-6-7-9/h3-5,9H,2,6-8,15H2,1H3. The number of carbonyl (C=O) groups is 1. The lowest BCUT2D eigenvalue weighted by molar-refractivity contribution is -0.143. The monoisotopic (exact) mass is 259 g/mol. The van der Waals surface area contributed by atoms with Crippen molar-refractivity contribution in [2.75, 3.05) is 12.3 Å². The van der Waals surface area contributed by atoms with Crippen molar-refractivity contribution in [1.82, 2.24) is 9.55 Å². The maximum atomic E-state index is 11.7. The molecule has 1 heterocycles. The number of carbonyl (C=O) groups excluding carboxylic acids is 1. The van der Waals surface area contributed by atoms with E-state index in [0.717, 1.165) is 29.7 Å². The Balaban J connectivity index is 2.06. The molecule has 2 N–H and O–H groups in total. The number of imidazole rings is 1. The van der Waals surface area contributed by atoms with Crippen molar-refractivity contribution in [2.24, 2.45) is 0 Å². The second kappa shape index (κ2) is 4.57. The zero-order valence-corrected chi connectivity index (χ0v) is 10.9. The third kappa shape index (κ3) is 2.16. The van der Waals surface area contributed by atoms with Crippen LogP contribution in [0.2, 0.25) is 0 Å². The normalized spacial score (nSPS) is 14.8. The van der Waals surface area contributed by atoms with Gasteiger partial charge in [-0.2, -0.15) is 0 Å². The van der Waals surface area contributed by atoms with E-state index in [4.69, 9.17) is 10.5 Å². The molecule has 0 atom stereocenters. The number of ether oxygens (including phenoxy) is 1. The van der Waals surface area contributed by atoms with Gasteiger partial charge in [0.1, 0.15) is 17.9 Å². The van der Waals surface area contributed by atoms with Crippen molar-refractivity contribution >= 4 is 22.7 Å². The number of hydrogen-bond acceptors (Lipinski definition) is 4. The minimum Gasteiger partial charge on any atom is -0.465 e. The maximum Gasteiger partial charge on any atom is 0.326 e. The fourth-order valence-electron chi connectivity index (χ4n) is 2.34. The SMILES string of the molecule is CCOC(=O)Cn1c(C2CC2)nc2c(N)cccc21. The van der Waals surface area contributed by atoms with E-state index in [9.17, 15) is 4.79 Å².